The van der Waals surface area contributed by atoms with Gasteiger partial charge in [0.1, 0.15) is 5.75 Å². The van der Waals surface area contributed by atoms with Crippen molar-refractivity contribution in [3.05, 3.63) is 29.8 Å². The van der Waals surface area contributed by atoms with Crippen molar-refractivity contribution in [2.75, 3.05) is 38.2 Å². The monoisotopic (exact) mass is 344 g/mol. The fourth-order valence-corrected chi connectivity index (χ4v) is 3.06. The van der Waals surface area contributed by atoms with E-state index < -0.39 is 0 Å². The van der Waals surface area contributed by atoms with Crippen LogP contribution in [0.25, 0.3) is 0 Å². The van der Waals surface area contributed by atoms with E-state index >= 15 is 0 Å². The SMILES string of the molecule is COc1ccc(CCC(=O)N2CCCN(c3nnnn3C)CC2)cc1. The van der Waals surface area contributed by atoms with Crippen LogP contribution >= 0.6 is 0 Å². The molecular formula is C17H24N6O2. The van der Waals surface area contributed by atoms with Gasteiger partial charge in [-0.3, -0.25) is 4.79 Å². The van der Waals surface area contributed by atoms with Crippen molar-refractivity contribution in [2.45, 2.75) is 19.3 Å². The first-order valence-electron chi connectivity index (χ1n) is 8.55. The molecule has 1 aliphatic rings. The predicted octanol–water partition coefficient (Wildman–Crippen LogP) is 0.890. The number of aryl methyl sites for hydroxylation is 2. The number of aromatic nitrogens is 4. The van der Waals surface area contributed by atoms with Gasteiger partial charge in [0.25, 0.3) is 0 Å². The summed E-state index contributed by atoms with van der Waals surface area (Å²) in [5.41, 5.74) is 1.15. The summed E-state index contributed by atoms with van der Waals surface area (Å²) in [7, 11) is 3.48. The molecule has 2 heterocycles. The van der Waals surface area contributed by atoms with Crippen LogP contribution in [0.3, 0.4) is 0 Å². The Morgan fingerprint density at radius 1 is 1.16 bits per heavy atom. The van der Waals surface area contributed by atoms with Gasteiger partial charge in [-0.1, -0.05) is 17.2 Å². The number of carbonyl (C=O) groups is 1. The quantitative estimate of drug-likeness (QED) is 0.802. The van der Waals surface area contributed by atoms with Crippen LogP contribution < -0.4 is 9.64 Å². The zero-order valence-electron chi connectivity index (χ0n) is 14.8. The minimum absolute atomic E-state index is 0.203. The summed E-state index contributed by atoms with van der Waals surface area (Å²) in [5, 5.41) is 11.6. The lowest BCUT2D eigenvalue weighted by Crippen LogP contribution is -2.35. The number of nitrogens with zero attached hydrogens (tertiary/aromatic N) is 6. The molecule has 8 nitrogen and oxygen atoms in total. The molecule has 134 valence electrons. The van der Waals surface area contributed by atoms with Gasteiger partial charge in [0.2, 0.25) is 11.9 Å². The molecule has 8 heteroatoms. The van der Waals surface area contributed by atoms with Crippen LogP contribution in [-0.4, -0.2) is 64.3 Å². The van der Waals surface area contributed by atoms with Gasteiger partial charge in [-0.15, -0.1) is 0 Å². The molecule has 0 spiro atoms. The molecule has 0 radical (unpaired) electrons. The highest BCUT2D eigenvalue weighted by Gasteiger charge is 2.21. The van der Waals surface area contributed by atoms with Gasteiger partial charge >= 0.3 is 0 Å². The Bertz CT molecular complexity index is 699. The predicted molar refractivity (Wildman–Crippen MR) is 93.5 cm³/mol. The second-order valence-corrected chi connectivity index (χ2v) is 6.17. The van der Waals surface area contributed by atoms with Crippen LogP contribution in [0.15, 0.2) is 24.3 Å². The number of methoxy groups -OCH3 is 1. The molecule has 0 aliphatic carbocycles. The van der Waals surface area contributed by atoms with Gasteiger partial charge < -0.3 is 14.5 Å². The van der Waals surface area contributed by atoms with E-state index in [0.717, 1.165) is 49.7 Å². The number of benzene rings is 1. The van der Waals surface area contributed by atoms with Crippen molar-refractivity contribution < 1.29 is 9.53 Å². The Labute approximate surface area is 147 Å². The number of carbonyl (C=O) groups excluding carboxylic acids is 1. The third-order valence-corrected chi connectivity index (χ3v) is 4.52. The molecule has 25 heavy (non-hydrogen) atoms. The first-order valence-corrected chi connectivity index (χ1v) is 8.55. The normalized spacial score (nSPS) is 15.1. The summed E-state index contributed by atoms with van der Waals surface area (Å²) in [6.45, 7) is 3.09. The smallest absolute Gasteiger partial charge is 0.245 e. The van der Waals surface area contributed by atoms with Gasteiger partial charge in [0, 0.05) is 39.6 Å². The molecule has 0 unspecified atom stereocenters. The van der Waals surface area contributed by atoms with E-state index in [1.807, 2.05) is 36.2 Å². The molecule has 0 N–H and O–H groups in total. The first kappa shape index (κ1) is 17.2. The van der Waals surface area contributed by atoms with Crippen LogP contribution in [0, 0.1) is 0 Å². The lowest BCUT2D eigenvalue weighted by molar-refractivity contribution is -0.130. The third kappa shape index (κ3) is 4.26. The molecule has 1 aliphatic heterocycles. The van der Waals surface area contributed by atoms with Gasteiger partial charge in [-0.2, -0.15) is 0 Å². The fourth-order valence-electron chi connectivity index (χ4n) is 3.06. The van der Waals surface area contributed by atoms with Crippen LogP contribution in [0.4, 0.5) is 5.95 Å². The van der Waals surface area contributed by atoms with E-state index in [4.69, 9.17) is 4.74 Å². The van der Waals surface area contributed by atoms with Gasteiger partial charge in [-0.05, 0) is 41.0 Å². The molecule has 3 rings (SSSR count). The maximum Gasteiger partial charge on any atom is 0.245 e. The molecule has 1 fully saturated rings. The number of amides is 1. The maximum atomic E-state index is 12.5. The van der Waals surface area contributed by atoms with Crippen molar-refractivity contribution in [3.63, 3.8) is 0 Å². The van der Waals surface area contributed by atoms with E-state index in [1.165, 1.54) is 0 Å². The van der Waals surface area contributed by atoms with Crippen LogP contribution in [0.1, 0.15) is 18.4 Å². The number of ether oxygens (including phenoxy) is 1. The van der Waals surface area contributed by atoms with Crippen LogP contribution in [-0.2, 0) is 18.3 Å². The Hall–Kier alpha value is -2.64. The standard InChI is InChI=1S/C17H24N6O2/c1-21-17(18-19-20-21)23-11-3-10-22(12-13-23)16(24)9-6-14-4-7-15(25-2)8-5-14/h4-5,7-8H,3,6,9-13H2,1-2H3. The topological polar surface area (TPSA) is 76.4 Å². The van der Waals surface area contributed by atoms with E-state index in [0.29, 0.717) is 13.0 Å². The molecule has 1 aromatic carbocycles. The number of tetrazole rings is 1. The lowest BCUT2D eigenvalue weighted by Gasteiger charge is -2.22. The molecule has 0 bridgehead atoms. The van der Waals surface area contributed by atoms with Crippen molar-refractivity contribution in [3.8, 4) is 5.75 Å². The zero-order chi connectivity index (χ0) is 17.6. The van der Waals surface area contributed by atoms with Crippen molar-refractivity contribution in [1.29, 1.82) is 0 Å². The highest BCUT2D eigenvalue weighted by Crippen LogP contribution is 2.15. The van der Waals surface area contributed by atoms with E-state index in [1.54, 1.807) is 11.8 Å². The van der Waals surface area contributed by atoms with E-state index in [9.17, 15) is 4.79 Å². The molecule has 1 aromatic heterocycles. The minimum atomic E-state index is 0.203. The Morgan fingerprint density at radius 2 is 1.96 bits per heavy atom. The average Bonchev–Trinajstić information content (AvgIpc) is 2.92. The lowest BCUT2D eigenvalue weighted by atomic mass is 10.1. The zero-order valence-corrected chi connectivity index (χ0v) is 14.8. The highest BCUT2D eigenvalue weighted by molar-refractivity contribution is 5.76. The molecule has 0 saturated carbocycles. The van der Waals surface area contributed by atoms with Gasteiger partial charge in [-0.25, -0.2) is 4.68 Å². The molecule has 0 atom stereocenters. The summed E-state index contributed by atoms with van der Waals surface area (Å²) in [6.07, 6.45) is 2.19. The van der Waals surface area contributed by atoms with E-state index in [2.05, 4.69) is 20.4 Å². The average molecular weight is 344 g/mol. The minimum Gasteiger partial charge on any atom is -0.497 e. The van der Waals surface area contributed by atoms with Crippen molar-refractivity contribution in [2.24, 2.45) is 7.05 Å². The number of anilines is 1. The number of hydrogen-bond acceptors (Lipinski definition) is 6. The largest absolute Gasteiger partial charge is 0.497 e. The number of hydrogen-bond donors (Lipinski definition) is 0. The molecule has 1 saturated heterocycles. The van der Waals surface area contributed by atoms with Crippen molar-refractivity contribution >= 4 is 11.9 Å². The van der Waals surface area contributed by atoms with E-state index in [-0.39, 0.29) is 5.91 Å². The summed E-state index contributed by atoms with van der Waals surface area (Å²) in [4.78, 5) is 16.6. The fraction of sp³-hybridized carbons (Fsp3) is 0.529. The molecule has 1 amide bonds. The summed E-state index contributed by atoms with van der Waals surface area (Å²) < 4.78 is 6.83. The van der Waals surface area contributed by atoms with Gasteiger partial charge in [0.15, 0.2) is 0 Å². The highest BCUT2D eigenvalue weighted by atomic mass is 16.5. The Morgan fingerprint density at radius 3 is 2.64 bits per heavy atom. The Kier molecular flexibility index (Phi) is 5.47. The van der Waals surface area contributed by atoms with Crippen LogP contribution in [0.5, 0.6) is 5.75 Å². The maximum absolute atomic E-state index is 12.5. The molecule has 2 aromatic rings. The Balaban J connectivity index is 1.51. The third-order valence-electron chi connectivity index (χ3n) is 4.52. The summed E-state index contributed by atoms with van der Waals surface area (Å²) in [5.74, 6) is 1.79. The van der Waals surface area contributed by atoms with Crippen LogP contribution in [0.2, 0.25) is 0 Å². The second-order valence-electron chi connectivity index (χ2n) is 6.17. The van der Waals surface area contributed by atoms with Gasteiger partial charge in [0.05, 0.1) is 7.11 Å². The first-order chi connectivity index (χ1) is 12.2. The van der Waals surface area contributed by atoms with Crippen molar-refractivity contribution in [1.82, 2.24) is 25.1 Å². The summed E-state index contributed by atoms with van der Waals surface area (Å²) >= 11 is 0. The second kappa shape index (κ2) is 7.96. The molecular weight excluding hydrogens is 320 g/mol. The summed E-state index contributed by atoms with van der Waals surface area (Å²) in [6, 6.07) is 7.88. The number of rotatable bonds is 5.